The summed E-state index contributed by atoms with van der Waals surface area (Å²) in [6.45, 7) is 3.73. The lowest BCUT2D eigenvalue weighted by atomic mass is 9.96. The number of rotatable bonds is 4. The van der Waals surface area contributed by atoms with Gasteiger partial charge < -0.3 is 18.8 Å². The van der Waals surface area contributed by atoms with Gasteiger partial charge >= 0.3 is 0 Å². The van der Waals surface area contributed by atoms with Gasteiger partial charge in [0.1, 0.15) is 5.58 Å². The maximum atomic E-state index is 13.8. The van der Waals surface area contributed by atoms with Gasteiger partial charge in [0.15, 0.2) is 26.8 Å². The second-order valence-electron chi connectivity index (χ2n) is 8.92. The lowest BCUT2D eigenvalue weighted by Crippen LogP contribution is -2.40. The topological polar surface area (TPSA) is 103 Å². The molecule has 0 bridgehead atoms. The maximum Gasteiger partial charge on any atom is 0.291 e. The van der Waals surface area contributed by atoms with Gasteiger partial charge in [0.25, 0.3) is 5.91 Å². The van der Waals surface area contributed by atoms with Crippen LogP contribution in [0, 0.1) is 13.8 Å². The summed E-state index contributed by atoms with van der Waals surface area (Å²) >= 11 is 0. The largest absolute Gasteiger partial charge is 0.493 e. The number of ether oxygens (including phenoxy) is 2. The molecule has 2 aliphatic rings. The Hall–Kier alpha value is -3.33. The molecule has 9 heteroatoms. The molecule has 2 atom stereocenters. The predicted octanol–water partition coefficient (Wildman–Crippen LogP) is 3.16. The Morgan fingerprint density at radius 1 is 1.03 bits per heavy atom. The van der Waals surface area contributed by atoms with Gasteiger partial charge in [-0.15, -0.1) is 0 Å². The zero-order chi connectivity index (χ0) is 24.4. The summed E-state index contributed by atoms with van der Waals surface area (Å²) in [5, 5.41) is 0.399. The van der Waals surface area contributed by atoms with Crippen LogP contribution in [0.15, 0.2) is 39.5 Å². The minimum atomic E-state index is -3.28. The van der Waals surface area contributed by atoms with Crippen molar-refractivity contribution in [2.45, 2.75) is 32.4 Å². The molecular weight excluding hydrogens is 458 g/mol. The highest BCUT2D eigenvalue weighted by molar-refractivity contribution is 7.91. The second-order valence-corrected chi connectivity index (χ2v) is 11.1. The second kappa shape index (κ2) is 7.87. The van der Waals surface area contributed by atoms with Crippen LogP contribution in [0.25, 0.3) is 11.0 Å². The highest BCUT2D eigenvalue weighted by Crippen LogP contribution is 2.43. The Labute approximate surface area is 197 Å². The van der Waals surface area contributed by atoms with Gasteiger partial charge in [-0.25, -0.2) is 8.42 Å². The first-order valence-electron chi connectivity index (χ1n) is 11.0. The molecule has 178 valence electrons. The summed E-state index contributed by atoms with van der Waals surface area (Å²) in [4.78, 5) is 29.0. The number of benzene rings is 2. The van der Waals surface area contributed by atoms with E-state index in [0.717, 1.165) is 11.1 Å². The van der Waals surface area contributed by atoms with E-state index in [1.165, 1.54) is 19.1 Å². The van der Waals surface area contributed by atoms with Gasteiger partial charge in [0.05, 0.1) is 42.7 Å². The van der Waals surface area contributed by atoms with Crippen molar-refractivity contribution in [2.24, 2.45) is 0 Å². The molecule has 5 rings (SSSR count). The van der Waals surface area contributed by atoms with E-state index in [1.807, 2.05) is 19.9 Å². The fraction of sp³-hybridized carbons (Fsp3) is 0.360. The summed E-state index contributed by atoms with van der Waals surface area (Å²) in [7, 11) is -0.256. The number of methoxy groups -OCH3 is 2. The van der Waals surface area contributed by atoms with Gasteiger partial charge in [0.2, 0.25) is 5.76 Å². The molecule has 0 saturated carbocycles. The monoisotopic (exact) mass is 483 g/mol. The van der Waals surface area contributed by atoms with Crippen molar-refractivity contribution in [3.05, 3.63) is 68.6 Å². The smallest absolute Gasteiger partial charge is 0.291 e. The molecule has 2 aromatic carbocycles. The summed E-state index contributed by atoms with van der Waals surface area (Å²) in [5.41, 5.74) is 2.58. The average Bonchev–Trinajstić information content (AvgIpc) is 3.30. The Kier molecular flexibility index (Phi) is 5.20. The third-order valence-corrected chi connectivity index (χ3v) is 8.41. The normalized spacial score (nSPS) is 21.2. The van der Waals surface area contributed by atoms with E-state index in [4.69, 9.17) is 13.9 Å². The molecule has 1 saturated heterocycles. The predicted molar refractivity (Wildman–Crippen MR) is 127 cm³/mol. The fourth-order valence-corrected chi connectivity index (χ4v) is 6.88. The van der Waals surface area contributed by atoms with E-state index in [-0.39, 0.29) is 28.3 Å². The molecule has 3 heterocycles. The SMILES string of the molecule is COc1ccc(C2c3c(oc4c(C)cc(C)cc4c3=O)C(=O)N2C2CCS(=O)(=O)C2)cc1OC. The minimum absolute atomic E-state index is 0.00189. The molecule has 0 spiro atoms. The fourth-order valence-electron chi connectivity index (χ4n) is 5.17. The number of carbonyl (C=O) groups excluding carboxylic acids is 1. The van der Waals surface area contributed by atoms with Crippen LogP contribution in [0.3, 0.4) is 0 Å². The number of hydrogen-bond acceptors (Lipinski definition) is 7. The van der Waals surface area contributed by atoms with Crippen LogP contribution < -0.4 is 14.9 Å². The third kappa shape index (κ3) is 3.37. The highest BCUT2D eigenvalue weighted by Gasteiger charge is 2.48. The van der Waals surface area contributed by atoms with Crippen LogP contribution in [-0.4, -0.2) is 51.0 Å². The summed E-state index contributed by atoms with van der Waals surface area (Å²) in [6, 6.07) is 7.46. The summed E-state index contributed by atoms with van der Waals surface area (Å²) in [6.07, 6.45) is 0.303. The van der Waals surface area contributed by atoms with Crippen LogP contribution in [0.2, 0.25) is 0 Å². The van der Waals surface area contributed by atoms with Crippen LogP contribution >= 0.6 is 0 Å². The van der Waals surface area contributed by atoms with Crippen LogP contribution in [-0.2, 0) is 9.84 Å². The minimum Gasteiger partial charge on any atom is -0.493 e. The Bertz CT molecular complexity index is 1510. The first-order chi connectivity index (χ1) is 16.1. The molecule has 0 radical (unpaired) electrons. The van der Waals surface area contributed by atoms with Crippen molar-refractivity contribution < 1.29 is 27.1 Å². The summed E-state index contributed by atoms with van der Waals surface area (Å²) in [5.74, 6) is 0.282. The Morgan fingerprint density at radius 3 is 2.41 bits per heavy atom. The molecular formula is C25H25NO7S. The van der Waals surface area contributed by atoms with Crippen molar-refractivity contribution in [1.29, 1.82) is 0 Å². The van der Waals surface area contributed by atoms with Crippen molar-refractivity contribution >= 4 is 26.7 Å². The molecule has 0 aliphatic carbocycles. The average molecular weight is 484 g/mol. The highest BCUT2D eigenvalue weighted by atomic mass is 32.2. The molecule has 1 aromatic heterocycles. The van der Waals surface area contributed by atoms with Crippen LogP contribution in [0.1, 0.15) is 45.3 Å². The van der Waals surface area contributed by atoms with E-state index in [9.17, 15) is 18.0 Å². The van der Waals surface area contributed by atoms with Crippen molar-refractivity contribution in [3.63, 3.8) is 0 Å². The van der Waals surface area contributed by atoms with E-state index >= 15 is 0 Å². The lowest BCUT2D eigenvalue weighted by Gasteiger charge is -2.30. The molecule has 2 aliphatic heterocycles. The zero-order valence-electron chi connectivity index (χ0n) is 19.4. The van der Waals surface area contributed by atoms with E-state index in [0.29, 0.717) is 34.5 Å². The van der Waals surface area contributed by atoms with Crippen molar-refractivity contribution in [1.82, 2.24) is 4.90 Å². The maximum absolute atomic E-state index is 13.8. The van der Waals surface area contributed by atoms with Crippen molar-refractivity contribution in [2.75, 3.05) is 25.7 Å². The molecule has 1 amide bonds. The molecule has 0 N–H and O–H groups in total. The van der Waals surface area contributed by atoms with Gasteiger partial charge in [-0.05, 0) is 55.2 Å². The summed E-state index contributed by atoms with van der Waals surface area (Å²) < 4.78 is 41.4. The van der Waals surface area contributed by atoms with Crippen LogP contribution in [0.4, 0.5) is 0 Å². The molecule has 3 aromatic rings. The molecule has 34 heavy (non-hydrogen) atoms. The van der Waals surface area contributed by atoms with E-state index in [2.05, 4.69) is 0 Å². The number of carbonyl (C=O) groups is 1. The lowest BCUT2D eigenvalue weighted by molar-refractivity contribution is 0.0662. The van der Waals surface area contributed by atoms with Gasteiger partial charge in [-0.3, -0.25) is 9.59 Å². The molecule has 8 nitrogen and oxygen atoms in total. The van der Waals surface area contributed by atoms with Crippen molar-refractivity contribution in [3.8, 4) is 11.5 Å². The first-order valence-corrected chi connectivity index (χ1v) is 12.8. The number of hydrogen-bond donors (Lipinski definition) is 0. The third-order valence-electron chi connectivity index (χ3n) is 6.66. The van der Waals surface area contributed by atoms with Crippen LogP contribution in [0.5, 0.6) is 11.5 Å². The standard InChI is InChI=1S/C25H25NO7S/c1-13-9-14(2)23-17(10-13)22(27)20-21(15-5-6-18(31-3)19(11-15)32-4)26(25(28)24(20)33-23)16-7-8-34(29,30)12-16/h5-6,9-11,16,21H,7-8,12H2,1-4H3. The number of sulfone groups is 1. The molecule has 1 fully saturated rings. The van der Waals surface area contributed by atoms with Gasteiger partial charge in [0, 0.05) is 6.04 Å². The quantitative estimate of drug-likeness (QED) is 0.562. The Morgan fingerprint density at radius 2 is 1.76 bits per heavy atom. The number of nitrogens with zero attached hydrogens (tertiary/aromatic N) is 1. The zero-order valence-corrected chi connectivity index (χ0v) is 20.2. The number of aryl methyl sites for hydroxylation is 2. The van der Waals surface area contributed by atoms with E-state index in [1.54, 1.807) is 24.3 Å². The number of amides is 1. The van der Waals surface area contributed by atoms with Gasteiger partial charge in [-0.1, -0.05) is 12.1 Å². The Balaban J connectivity index is 1.79. The first kappa shape index (κ1) is 22.5. The van der Waals surface area contributed by atoms with E-state index < -0.39 is 27.8 Å². The number of fused-ring (bicyclic) bond motifs is 2. The molecule has 2 unspecified atom stereocenters. The van der Waals surface area contributed by atoms with Gasteiger partial charge in [-0.2, -0.15) is 0 Å².